The Labute approximate surface area is 214 Å². The van der Waals surface area contributed by atoms with Crippen LogP contribution in [0.15, 0.2) is 102 Å². The Morgan fingerprint density at radius 2 is 1.73 bits per heavy atom. The molecule has 6 nitrogen and oxygen atoms in total. The lowest BCUT2D eigenvalue weighted by Crippen LogP contribution is -2.43. The minimum atomic E-state index is -0.437. The summed E-state index contributed by atoms with van der Waals surface area (Å²) in [5, 5.41) is 4.11. The smallest absolute Gasteiger partial charge is 0.247 e. The van der Waals surface area contributed by atoms with Crippen molar-refractivity contribution in [1.29, 1.82) is 0 Å². The molecule has 0 unspecified atom stereocenters. The molecule has 0 spiro atoms. The zero-order chi connectivity index (χ0) is 25.2. The highest BCUT2D eigenvalue weighted by Crippen LogP contribution is 2.29. The number of hydrogen-bond acceptors (Lipinski definition) is 3. The highest BCUT2D eigenvalue weighted by Gasteiger charge is 2.33. The Balaban J connectivity index is 1.13. The molecule has 1 saturated heterocycles. The first kappa shape index (κ1) is 22.9. The molecular formula is C31H27N3O3. The normalized spacial score (nSPS) is 15.2. The molecule has 1 atom stereocenters. The number of H-pyrrole nitrogens is 1. The lowest BCUT2D eigenvalue weighted by molar-refractivity contribution is -0.136. The molecule has 0 aliphatic carbocycles. The van der Waals surface area contributed by atoms with Gasteiger partial charge in [0.15, 0.2) is 0 Å². The van der Waals surface area contributed by atoms with Gasteiger partial charge in [-0.1, -0.05) is 42.5 Å². The number of rotatable bonds is 6. The summed E-state index contributed by atoms with van der Waals surface area (Å²) in [5.41, 5.74) is 5.77. The molecule has 184 valence electrons. The van der Waals surface area contributed by atoms with Gasteiger partial charge in [0.1, 0.15) is 11.8 Å². The van der Waals surface area contributed by atoms with Crippen molar-refractivity contribution >= 4 is 28.4 Å². The first-order chi connectivity index (χ1) is 18.1. The molecule has 37 heavy (non-hydrogen) atoms. The van der Waals surface area contributed by atoms with E-state index in [0.717, 1.165) is 45.5 Å². The van der Waals surface area contributed by atoms with E-state index in [-0.39, 0.29) is 11.8 Å². The van der Waals surface area contributed by atoms with Crippen molar-refractivity contribution < 1.29 is 14.0 Å². The van der Waals surface area contributed by atoms with Crippen molar-refractivity contribution in [1.82, 2.24) is 9.88 Å². The SMILES string of the molecule is O=C(Nc1ccc(-c2cc3cc(-c4ccco4)ccc3[nH]2)cc1)[C@@H]1CCCN1C(=O)Cc1ccccc1. The van der Waals surface area contributed by atoms with E-state index in [1.54, 1.807) is 11.2 Å². The molecule has 0 saturated carbocycles. The number of carbonyl (C=O) groups is 2. The summed E-state index contributed by atoms with van der Waals surface area (Å²) < 4.78 is 5.52. The van der Waals surface area contributed by atoms with Crippen LogP contribution in [-0.2, 0) is 16.0 Å². The Hall–Kier alpha value is -4.58. The highest BCUT2D eigenvalue weighted by atomic mass is 16.3. The molecule has 6 heteroatoms. The molecule has 1 aliphatic rings. The first-order valence-electron chi connectivity index (χ1n) is 12.6. The van der Waals surface area contributed by atoms with E-state index in [4.69, 9.17) is 4.42 Å². The molecule has 0 bridgehead atoms. The van der Waals surface area contributed by atoms with Crippen molar-refractivity contribution in [3.63, 3.8) is 0 Å². The molecule has 3 aromatic carbocycles. The lowest BCUT2D eigenvalue weighted by Gasteiger charge is -2.24. The maximum absolute atomic E-state index is 13.1. The average molecular weight is 490 g/mol. The number of nitrogens with one attached hydrogen (secondary N) is 2. The van der Waals surface area contributed by atoms with Crippen LogP contribution in [-0.4, -0.2) is 34.3 Å². The number of benzene rings is 3. The van der Waals surface area contributed by atoms with Crippen LogP contribution < -0.4 is 5.32 Å². The summed E-state index contributed by atoms with van der Waals surface area (Å²) >= 11 is 0. The minimum Gasteiger partial charge on any atom is -0.464 e. The quantitative estimate of drug-likeness (QED) is 0.295. The van der Waals surface area contributed by atoms with Crippen LogP contribution in [0.4, 0.5) is 5.69 Å². The van der Waals surface area contributed by atoms with E-state index < -0.39 is 6.04 Å². The van der Waals surface area contributed by atoms with Crippen molar-refractivity contribution in [2.45, 2.75) is 25.3 Å². The molecule has 3 heterocycles. The Kier molecular flexibility index (Phi) is 6.06. The van der Waals surface area contributed by atoms with Crippen LogP contribution in [0.25, 0.3) is 33.5 Å². The van der Waals surface area contributed by atoms with E-state index >= 15 is 0 Å². The van der Waals surface area contributed by atoms with Crippen LogP contribution in [0, 0.1) is 0 Å². The number of aromatic nitrogens is 1. The second kappa shape index (κ2) is 9.82. The standard InChI is InChI=1S/C31H27N3O3/c35-30(18-21-6-2-1-3-7-21)34-16-4-8-28(34)31(36)32-25-13-10-22(11-14-25)27-20-24-19-23(12-15-26(24)33-27)29-9-5-17-37-29/h1-3,5-7,9-15,17,19-20,28,33H,4,8,16,18H2,(H,32,36)/t28-/m0/s1. The molecular weight excluding hydrogens is 462 g/mol. The number of fused-ring (bicyclic) bond motifs is 1. The Bertz CT molecular complexity index is 1540. The monoisotopic (exact) mass is 489 g/mol. The molecule has 6 rings (SSSR count). The molecule has 1 fully saturated rings. The maximum atomic E-state index is 13.1. The van der Waals surface area contributed by atoms with E-state index in [9.17, 15) is 9.59 Å². The Morgan fingerprint density at radius 1 is 0.919 bits per heavy atom. The number of likely N-dealkylation sites (tertiary alicyclic amines) is 1. The summed E-state index contributed by atoms with van der Waals surface area (Å²) in [4.78, 5) is 31.1. The summed E-state index contributed by atoms with van der Waals surface area (Å²) in [6.45, 7) is 0.616. The third-order valence-electron chi connectivity index (χ3n) is 6.96. The molecule has 2 aromatic heterocycles. The first-order valence-corrected chi connectivity index (χ1v) is 12.6. The van der Waals surface area contributed by atoms with Crippen molar-refractivity contribution in [3.05, 3.63) is 103 Å². The third-order valence-corrected chi connectivity index (χ3v) is 6.96. The number of aromatic amines is 1. The van der Waals surface area contributed by atoms with Crippen molar-refractivity contribution in [2.75, 3.05) is 11.9 Å². The van der Waals surface area contributed by atoms with Gasteiger partial charge < -0.3 is 19.6 Å². The van der Waals surface area contributed by atoms with Gasteiger partial charge in [0.05, 0.1) is 12.7 Å². The Morgan fingerprint density at radius 3 is 2.51 bits per heavy atom. The molecule has 5 aromatic rings. The van der Waals surface area contributed by atoms with E-state index in [2.05, 4.69) is 28.5 Å². The summed E-state index contributed by atoms with van der Waals surface area (Å²) in [6.07, 6.45) is 3.50. The zero-order valence-electron chi connectivity index (χ0n) is 20.3. The van der Waals surface area contributed by atoms with Crippen LogP contribution in [0.3, 0.4) is 0 Å². The summed E-state index contributed by atoms with van der Waals surface area (Å²) in [5.74, 6) is 0.697. The second-order valence-corrected chi connectivity index (χ2v) is 9.44. The second-order valence-electron chi connectivity index (χ2n) is 9.44. The van der Waals surface area contributed by atoms with Crippen LogP contribution in [0.1, 0.15) is 18.4 Å². The van der Waals surface area contributed by atoms with Gasteiger partial charge in [0.2, 0.25) is 11.8 Å². The fourth-order valence-electron chi connectivity index (χ4n) is 5.05. The average Bonchev–Trinajstić information content (AvgIpc) is 3.70. The van der Waals surface area contributed by atoms with E-state index in [1.807, 2.05) is 72.8 Å². The number of nitrogens with zero attached hydrogens (tertiary/aromatic N) is 1. The van der Waals surface area contributed by atoms with Gasteiger partial charge in [-0.05, 0) is 72.5 Å². The van der Waals surface area contributed by atoms with Crippen molar-refractivity contribution in [3.8, 4) is 22.6 Å². The number of furan rings is 1. The van der Waals surface area contributed by atoms with Crippen LogP contribution in [0.2, 0.25) is 0 Å². The fraction of sp³-hybridized carbons (Fsp3) is 0.161. The number of carbonyl (C=O) groups excluding carboxylic acids is 2. The van der Waals surface area contributed by atoms with Gasteiger partial charge in [0, 0.05) is 34.4 Å². The van der Waals surface area contributed by atoms with Gasteiger partial charge >= 0.3 is 0 Å². The van der Waals surface area contributed by atoms with Crippen LogP contribution in [0.5, 0.6) is 0 Å². The van der Waals surface area contributed by atoms with E-state index in [1.165, 1.54) is 0 Å². The summed E-state index contributed by atoms with van der Waals surface area (Å²) in [7, 11) is 0. The van der Waals surface area contributed by atoms with Crippen molar-refractivity contribution in [2.24, 2.45) is 0 Å². The predicted molar refractivity (Wildman–Crippen MR) is 145 cm³/mol. The minimum absolute atomic E-state index is 0.00628. The highest BCUT2D eigenvalue weighted by molar-refractivity contribution is 5.98. The largest absolute Gasteiger partial charge is 0.464 e. The molecule has 0 radical (unpaired) electrons. The van der Waals surface area contributed by atoms with Gasteiger partial charge in [-0.15, -0.1) is 0 Å². The lowest BCUT2D eigenvalue weighted by atomic mass is 10.1. The van der Waals surface area contributed by atoms with Gasteiger partial charge in [-0.25, -0.2) is 0 Å². The van der Waals surface area contributed by atoms with Gasteiger partial charge in [-0.3, -0.25) is 9.59 Å². The molecule has 2 amide bonds. The van der Waals surface area contributed by atoms with E-state index in [0.29, 0.717) is 25.1 Å². The predicted octanol–water partition coefficient (Wildman–Crippen LogP) is 6.27. The fourth-order valence-corrected chi connectivity index (χ4v) is 5.05. The number of hydrogen-bond donors (Lipinski definition) is 2. The van der Waals surface area contributed by atoms with Crippen LogP contribution >= 0.6 is 0 Å². The third kappa shape index (κ3) is 4.78. The zero-order valence-corrected chi connectivity index (χ0v) is 20.3. The van der Waals surface area contributed by atoms with Gasteiger partial charge in [0.25, 0.3) is 0 Å². The molecule has 1 aliphatic heterocycles. The molecule has 2 N–H and O–H groups in total. The van der Waals surface area contributed by atoms with Gasteiger partial charge in [-0.2, -0.15) is 0 Å². The topological polar surface area (TPSA) is 78.3 Å². The number of amides is 2. The number of anilines is 1. The summed E-state index contributed by atoms with van der Waals surface area (Å²) in [6, 6.07) is 29.1. The maximum Gasteiger partial charge on any atom is 0.247 e.